The quantitative estimate of drug-likeness (QED) is 0.752. The lowest BCUT2D eigenvalue weighted by Crippen LogP contribution is -2.26. The molecular weight excluding hydrogens is 324 g/mol. The van der Waals surface area contributed by atoms with Crippen LogP contribution in [-0.2, 0) is 12.8 Å². The molecule has 0 unspecified atom stereocenters. The van der Waals surface area contributed by atoms with E-state index in [-0.39, 0.29) is 12.5 Å². The van der Waals surface area contributed by atoms with Gasteiger partial charge in [0.1, 0.15) is 0 Å². The summed E-state index contributed by atoms with van der Waals surface area (Å²) in [7, 11) is 0. The predicted molar refractivity (Wildman–Crippen MR) is 96.7 cm³/mol. The van der Waals surface area contributed by atoms with Gasteiger partial charge >= 0.3 is 0 Å². The van der Waals surface area contributed by atoms with Crippen molar-refractivity contribution >= 4 is 28.4 Å². The Morgan fingerprint density at radius 3 is 2.88 bits per heavy atom. The van der Waals surface area contributed by atoms with Crippen LogP contribution in [0.5, 0.6) is 0 Å². The topological polar surface area (TPSA) is 62.2 Å². The van der Waals surface area contributed by atoms with Crippen LogP contribution in [0.2, 0.25) is 5.02 Å². The number of hydrogen-bond donors (Lipinski definition) is 2. The Labute approximate surface area is 147 Å². The van der Waals surface area contributed by atoms with E-state index in [1.807, 2.05) is 18.2 Å². The van der Waals surface area contributed by atoms with Crippen LogP contribution in [-0.4, -0.2) is 29.1 Å². The first-order chi connectivity index (χ1) is 11.7. The van der Waals surface area contributed by atoms with Gasteiger partial charge in [-0.3, -0.25) is 9.78 Å². The van der Waals surface area contributed by atoms with Crippen LogP contribution in [0, 0.1) is 0 Å². The normalized spacial score (nSPS) is 13.2. The first-order valence-electron chi connectivity index (χ1n) is 8.71. The molecule has 1 aromatic carbocycles. The van der Waals surface area contributed by atoms with E-state index in [0.717, 1.165) is 72.7 Å². The number of nitrogens with zero attached hydrogens (tertiary/aromatic N) is 1. The molecule has 0 aliphatic heterocycles. The van der Waals surface area contributed by atoms with E-state index in [1.54, 1.807) is 0 Å². The molecule has 0 spiro atoms. The third-order valence-corrected chi connectivity index (χ3v) is 4.81. The van der Waals surface area contributed by atoms with E-state index >= 15 is 0 Å². The molecule has 1 aliphatic rings. The maximum absolute atomic E-state index is 12.8. The number of amides is 1. The number of nitrogens with one attached hydrogen (secondary N) is 1. The van der Waals surface area contributed by atoms with Crippen LogP contribution in [0.15, 0.2) is 18.2 Å². The van der Waals surface area contributed by atoms with Crippen LogP contribution >= 0.6 is 11.6 Å². The Bertz CT molecular complexity index is 746. The van der Waals surface area contributed by atoms with E-state index in [9.17, 15) is 4.79 Å². The molecule has 0 bridgehead atoms. The van der Waals surface area contributed by atoms with Crippen LogP contribution in [0.4, 0.5) is 0 Å². The molecule has 3 rings (SSSR count). The fraction of sp³-hybridized carbons (Fsp3) is 0.474. The van der Waals surface area contributed by atoms with Gasteiger partial charge in [-0.05, 0) is 55.9 Å². The standard InChI is InChI=1S/C19H23ClN2O2/c20-13-8-9-17-15(12-13)18(14-6-5-7-16(14)22-17)19(24)21-10-3-1-2-4-11-23/h8-9,12,23H,1-7,10-11H2,(H,21,24). The second kappa shape index (κ2) is 7.95. The Kier molecular flexibility index (Phi) is 5.69. The average molecular weight is 347 g/mol. The number of aliphatic hydroxyl groups excluding tert-OH is 1. The number of aliphatic hydroxyl groups is 1. The molecule has 1 aliphatic carbocycles. The van der Waals surface area contributed by atoms with E-state index in [4.69, 9.17) is 21.7 Å². The Hall–Kier alpha value is -1.65. The number of benzene rings is 1. The van der Waals surface area contributed by atoms with Crippen molar-refractivity contribution in [3.8, 4) is 0 Å². The molecule has 0 atom stereocenters. The fourth-order valence-electron chi connectivity index (χ4n) is 3.37. The zero-order valence-corrected chi connectivity index (χ0v) is 14.5. The Balaban J connectivity index is 1.80. The van der Waals surface area contributed by atoms with Gasteiger partial charge < -0.3 is 10.4 Å². The number of carbonyl (C=O) groups is 1. The summed E-state index contributed by atoms with van der Waals surface area (Å²) in [5, 5.41) is 13.3. The van der Waals surface area contributed by atoms with E-state index in [2.05, 4.69) is 5.32 Å². The summed E-state index contributed by atoms with van der Waals surface area (Å²) in [6.45, 7) is 0.895. The highest BCUT2D eigenvalue weighted by molar-refractivity contribution is 6.31. The number of unbranched alkanes of at least 4 members (excludes halogenated alkanes) is 3. The number of fused-ring (bicyclic) bond motifs is 2. The van der Waals surface area contributed by atoms with Gasteiger partial charge in [0.15, 0.2) is 0 Å². The molecule has 4 nitrogen and oxygen atoms in total. The summed E-state index contributed by atoms with van der Waals surface area (Å²) in [5.74, 6) is -0.0232. The number of aryl methyl sites for hydroxylation is 1. The highest BCUT2D eigenvalue weighted by Crippen LogP contribution is 2.31. The van der Waals surface area contributed by atoms with E-state index in [0.29, 0.717) is 11.6 Å². The van der Waals surface area contributed by atoms with Gasteiger partial charge in [0.2, 0.25) is 0 Å². The molecule has 1 aromatic heterocycles. The predicted octanol–water partition coefficient (Wildman–Crippen LogP) is 3.66. The number of carbonyl (C=O) groups excluding carboxylic acids is 1. The van der Waals surface area contributed by atoms with Crippen molar-refractivity contribution in [1.82, 2.24) is 10.3 Å². The summed E-state index contributed by atoms with van der Waals surface area (Å²) >= 11 is 6.14. The van der Waals surface area contributed by atoms with Crippen molar-refractivity contribution in [2.45, 2.75) is 44.9 Å². The van der Waals surface area contributed by atoms with Crippen LogP contribution < -0.4 is 5.32 Å². The van der Waals surface area contributed by atoms with E-state index in [1.165, 1.54) is 0 Å². The lowest BCUT2D eigenvalue weighted by atomic mass is 10.0. The fourth-order valence-corrected chi connectivity index (χ4v) is 3.55. The number of aromatic nitrogens is 1. The van der Waals surface area contributed by atoms with Crippen molar-refractivity contribution in [1.29, 1.82) is 0 Å². The summed E-state index contributed by atoms with van der Waals surface area (Å²) in [6, 6.07) is 5.56. The van der Waals surface area contributed by atoms with Gasteiger partial charge in [0.05, 0.1) is 11.1 Å². The summed E-state index contributed by atoms with van der Waals surface area (Å²) in [5.41, 5.74) is 3.74. The molecule has 2 N–H and O–H groups in total. The van der Waals surface area contributed by atoms with Crippen molar-refractivity contribution in [3.05, 3.63) is 40.0 Å². The van der Waals surface area contributed by atoms with Gasteiger partial charge in [-0.15, -0.1) is 0 Å². The first kappa shape index (κ1) is 17.2. The van der Waals surface area contributed by atoms with Crippen molar-refractivity contribution in [3.63, 3.8) is 0 Å². The smallest absolute Gasteiger partial charge is 0.252 e. The lowest BCUT2D eigenvalue weighted by molar-refractivity contribution is 0.0953. The molecule has 1 amide bonds. The van der Waals surface area contributed by atoms with Gasteiger partial charge in [-0.1, -0.05) is 24.4 Å². The Morgan fingerprint density at radius 2 is 2.04 bits per heavy atom. The average Bonchev–Trinajstić information content (AvgIpc) is 3.03. The molecule has 1 heterocycles. The van der Waals surface area contributed by atoms with Gasteiger partial charge in [0.25, 0.3) is 5.91 Å². The first-order valence-corrected chi connectivity index (χ1v) is 9.08. The van der Waals surface area contributed by atoms with Gasteiger partial charge in [0, 0.05) is 29.3 Å². The van der Waals surface area contributed by atoms with Crippen molar-refractivity contribution in [2.24, 2.45) is 0 Å². The highest BCUT2D eigenvalue weighted by atomic mass is 35.5. The van der Waals surface area contributed by atoms with Crippen molar-refractivity contribution in [2.75, 3.05) is 13.2 Å². The monoisotopic (exact) mass is 346 g/mol. The number of rotatable bonds is 7. The molecule has 0 radical (unpaired) electrons. The Morgan fingerprint density at radius 1 is 1.21 bits per heavy atom. The molecule has 0 fully saturated rings. The van der Waals surface area contributed by atoms with Crippen molar-refractivity contribution < 1.29 is 9.90 Å². The van der Waals surface area contributed by atoms with Gasteiger partial charge in [-0.25, -0.2) is 0 Å². The minimum absolute atomic E-state index is 0.0232. The second-order valence-electron chi connectivity index (χ2n) is 6.32. The molecule has 24 heavy (non-hydrogen) atoms. The number of hydrogen-bond acceptors (Lipinski definition) is 3. The lowest BCUT2D eigenvalue weighted by Gasteiger charge is -2.13. The largest absolute Gasteiger partial charge is 0.396 e. The van der Waals surface area contributed by atoms with Crippen LogP contribution in [0.1, 0.15) is 53.7 Å². The summed E-state index contributed by atoms with van der Waals surface area (Å²) < 4.78 is 0. The summed E-state index contributed by atoms with van der Waals surface area (Å²) in [4.78, 5) is 17.5. The molecule has 128 valence electrons. The third kappa shape index (κ3) is 3.70. The zero-order chi connectivity index (χ0) is 16.9. The van der Waals surface area contributed by atoms with Crippen LogP contribution in [0.3, 0.4) is 0 Å². The molecule has 2 aromatic rings. The minimum Gasteiger partial charge on any atom is -0.396 e. The highest BCUT2D eigenvalue weighted by Gasteiger charge is 2.23. The van der Waals surface area contributed by atoms with E-state index < -0.39 is 0 Å². The third-order valence-electron chi connectivity index (χ3n) is 4.57. The van der Waals surface area contributed by atoms with Crippen LogP contribution in [0.25, 0.3) is 10.9 Å². The molecule has 5 heteroatoms. The second-order valence-corrected chi connectivity index (χ2v) is 6.76. The SMILES string of the molecule is O=C(NCCCCCCO)c1c2c(nc3ccc(Cl)cc13)CCC2. The minimum atomic E-state index is -0.0232. The molecule has 0 saturated carbocycles. The number of halogens is 1. The molecule has 0 saturated heterocycles. The molecular formula is C19H23ClN2O2. The maximum Gasteiger partial charge on any atom is 0.252 e. The zero-order valence-electron chi connectivity index (χ0n) is 13.8. The summed E-state index contributed by atoms with van der Waals surface area (Å²) in [6.07, 6.45) is 6.66. The van der Waals surface area contributed by atoms with Gasteiger partial charge in [-0.2, -0.15) is 0 Å². The number of pyridine rings is 1. The maximum atomic E-state index is 12.8.